The second-order valence-corrected chi connectivity index (χ2v) is 5.07. The molecular weight excluding hydrogens is 314 g/mol. The van der Waals surface area contributed by atoms with Crippen molar-refractivity contribution in [3.05, 3.63) is 63.9 Å². The number of hydrogen-bond donors (Lipinski definition) is 1. The van der Waals surface area contributed by atoms with Gasteiger partial charge in [-0.1, -0.05) is 22.0 Å². The summed E-state index contributed by atoms with van der Waals surface area (Å²) in [6.45, 7) is 0. The van der Waals surface area contributed by atoms with Gasteiger partial charge in [0, 0.05) is 10.7 Å². The van der Waals surface area contributed by atoms with Crippen LogP contribution in [0.1, 0.15) is 17.3 Å². The minimum atomic E-state index is -0.389. The van der Waals surface area contributed by atoms with Crippen LogP contribution in [0.15, 0.2) is 41.0 Å². The molecule has 1 atom stereocenters. The second kappa shape index (κ2) is 6.21. The molecule has 0 amide bonds. The molecule has 1 N–H and O–H groups in total. The lowest BCUT2D eigenvalue weighted by atomic mass is 10.0. The average Bonchev–Trinajstić information content (AvgIpc) is 2.39. The fourth-order valence-corrected chi connectivity index (χ4v) is 2.23. The fraction of sp³-hybridized carbons (Fsp3) is 0.214. The van der Waals surface area contributed by atoms with Crippen molar-refractivity contribution in [2.75, 3.05) is 7.05 Å². The van der Waals surface area contributed by atoms with E-state index < -0.39 is 0 Å². The van der Waals surface area contributed by atoms with Gasteiger partial charge in [0.1, 0.15) is 11.6 Å². The summed E-state index contributed by atoms with van der Waals surface area (Å²) in [5, 5.41) is 2.97. The highest BCUT2D eigenvalue weighted by atomic mass is 79.9. The van der Waals surface area contributed by atoms with Crippen LogP contribution in [-0.2, 0) is 6.42 Å². The molecule has 0 spiro atoms. The van der Waals surface area contributed by atoms with Crippen LogP contribution in [0.5, 0.6) is 0 Å². The van der Waals surface area contributed by atoms with Gasteiger partial charge in [-0.05, 0) is 43.3 Å². The maximum Gasteiger partial charge on any atom is 0.146 e. The second-order valence-electron chi connectivity index (χ2n) is 4.15. The number of aromatic nitrogens is 1. The third-order valence-electron chi connectivity index (χ3n) is 2.90. The summed E-state index contributed by atoms with van der Waals surface area (Å²) in [4.78, 5) is 4.02. The Kier molecular flexibility index (Phi) is 4.61. The molecule has 2 nitrogen and oxygen atoms in total. The number of likely N-dealkylation sites (N-methyl/N-ethyl adjacent to an activating group) is 1. The summed E-state index contributed by atoms with van der Waals surface area (Å²) in [5.74, 6) is -0.703. The van der Waals surface area contributed by atoms with Crippen LogP contribution in [0.2, 0.25) is 0 Å². The zero-order valence-corrected chi connectivity index (χ0v) is 11.9. The van der Waals surface area contributed by atoms with Crippen molar-refractivity contribution in [2.24, 2.45) is 0 Å². The Balaban J connectivity index is 2.27. The first-order chi connectivity index (χ1) is 9.11. The minimum absolute atomic E-state index is 0.298. The SMILES string of the molecule is CNC(Cc1ccc(Br)cc1F)c1ncccc1F. The maximum absolute atomic E-state index is 13.8. The van der Waals surface area contributed by atoms with Crippen molar-refractivity contribution >= 4 is 15.9 Å². The number of hydrogen-bond acceptors (Lipinski definition) is 2. The smallest absolute Gasteiger partial charge is 0.146 e. The van der Waals surface area contributed by atoms with E-state index >= 15 is 0 Å². The van der Waals surface area contributed by atoms with Crippen molar-refractivity contribution in [3.8, 4) is 0 Å². The minimum Gasteiger partial charge on any atom is -0.311 e. The Bertz CT molecular complexity index is 575. The van der Waals surface area contributed by atoms with Gasteiger partial charge in [-0.15, -0.1) is 0 Å². The van der Waals surface area contributed by atoms with Crippen LogP contribution in [-0.4, -0.2) is 12.0 Å². The van der Waals surface area contributed by atoms with Gasteiger partial charge in [-0.25, -0.2) is 8.78 Å². The van der Waals surface area contributed by atoms with Crippen molar-refractivity contribution in [2.45, 2.75) is 12.5 Å². The molecule has 19 heavy (non-hydrogen) atoms. The molecule has 0 bridgehead atoms. The van der Waals surface area contributed by atoms with E-state index in [1.54, 1.807) is 19.2 Å². The van der Waals surface area contributed by atoms with Gasteiger partial charge in [0.15, 0.2) is 0 Å². The third-order valence-corrected chi connectivity index (χ3v) is 3.40. The topological polar surface area (TPSA) is 24.9 Å². The van der Waals surface area contributed by atoms with Gasteiger partial charge >= 0.3 is 0 Å². The Hall–Kier alpha value is -1.33. The van der Waals surface area contributed by atoms with E-state index in [0.717, 1.165) is 0 Å². The van der Waals surface area contributed by atoms with E-state index in [9.17, 15) is 8.78 Å². The summed E-state index contributed by atoms with van der Waals surface area (Å²) in [5.41, 5.74) is 0.819. The lowest BCUT2D eigenvalue weighted by Crippen LogP contribution is -2.21. The van der Waals surface area contributed by atoms with Crippen molar-refractivity contribution in [3.63, 3.8) is 0 Å². The predicted molar refractivity (Wildman–Crippen MR) is 73.8 cm³/mol. The molecule has 0 radical (unpaired) electrons. The fourth-order valence-electron chi connectivity index (χ4n) is 1.90. The number of rotatable bonds is 4. The largest absolute Gasteiger partial charge is 0.311 e. The lowest BCUT2D eigenvalue weighted by Gasteiger charge is -2.16. The van der Waals surface area contributed by atoms with Crippen LogP contribution in [0, 0.1) is 11.6 Å². The first-order valence-electron chi connectivity index (χ1n) is 5.83. The first-order valence-corrected chi connectivity index (χ1v) is 6.62. The monoisotopic (exact) mass is 326 g/mol. The van der Waals surface area contributed by atoms with Crippen molar-refractivity contribution in [1.29, 1.82) is 0 Å². The maximum atomic E-state index is 13.8. The summed E-state index contributed by atoms with van der Waals surface area (Å²) in [6, 6.07) is 7.37. The van der Waals surface area contributed by atoms with E-state index in [2.05, 4.69) is 26.2 Å². The summed E-state index contributed by atoms with van der Waals surface area (Å²) < 4.78 is 28.2. The van der Waals surface area contributed by atoms with E-state index in [4.69, 9.17) is 0 Å². The molecule has 0 aliphatic rings. The van der Waals surface area contributed by atoms with E-state index in [1.807, 2.05) is 0 Å². The zero-order chi connectivity index (χ0) is 13.8. The van der Waals surface area contributed by atoms with E-state index in [0.29, 0.717) is 22.2 Å². The van der Waals surface area contributed by atoms with Gasteiger partial charge in [0.05, 0.1) is 11.7 Å². The Labute approximate surface area is 119 Å². The molecule has 0 saturated heterocycles. The van der Waals surface area contributed by atoms with Gasteiger partial charge in [0.25, 0.3) is 0 Å². The molecule has 1 aromatic heterocycles. The highest BCUT2D eigenvalue weighted by molar-refractivity contribution is 9.10. The predicted octanol–water partition coefficient (Wildman–Crippen LogP) is 3.63. The van der Waals surface area contributed by atoms with Gasteiger partial charge in [-0.3, -0.25) is 4.98 Å². The summed E-state index contributed by atoms with van der Waals surface area (Å²) >= 11 is 3.21. The van der Waals surface area contributed by atoms with Gasteiger partial charge in [-0.2, -0.15) is 0 Å². The van der Waals surface area contributed by atoms with Crippen LogP contribution in [0.25, 0.3) is 0 Å². The highest BCUT2D eigenvalue weighted by Gasteiger charge is 2.17. The van der Waals surface area contributed by atoms with Gasteiger partial charge < -0.3 is 5.32 Å². The molecule has 100 valence electrons. The number of nitrogens with zero attached hydrogens (tertiary/aromatic N) is 1. The standard InChI is InChI=1S/C14H13BrF2N2/c1-18-13(14-11(16)3-2-6-19-14)7-9-4-5-10(15)8-12(9)17/h2-6,8,13,18H,7H2,1H3. The number of benzene rings is 1. The number of halogens is 3. The summed E-state index contributed by atoms with van der Waals surface area (Å²) in [6.07, 6.45) is 1.87. The van der Waals surface area contributed by atoms with E-state index in [1.165, 1.54) is 24.4 Å². The molecular formula is C14H13BrF2N2. The molecule has 0 fully saturated rings. The third kappa shape index (κ3) is 3.36. The Morgan fingerprint density at radius 1 is 1.26 bits per heavy atom. The molecule has 0 aliphatic carbocycles. The molecule has 1 heterocycles. The lowest BCUT2D eigenvalue weighted by molar-refractivity contribution is 0.505. The van der Waals surface area contributed by atoms with Crippen LogP contribution in [0.4, 0.5) is 8.78 Å². The Morgan fingerprint density at radius 2 is 2.05 bits per heavy atom. The molecule has 1 unspecified atom stereocenters. The molecule has 2 aromatic rings. The molecule has 2 rings (SSSR count). The average molecular weight is 327 g/mol. The zero-order valence-electron chi connectivity index (χ0n) is 10.3. The van der Waals surface area contributed by atoms with Crippen molar-refractivity contribution < 1.29 is 8.78 Å². The molecule has 0 saturated carbocycles. The normalized spacial score (nSPS) is 12.4. The van der Waals surface area contributed by atoms with Crippen molar-refractivity contribution in [1.82, 2.24) is 10.3 Å². The number of nitrogens with one attached hydrogen (secondary N) is 1. The quantitative estimate of drug-likeness (QED) is 0.928. The molecule has 0 aliphatic heterocycles. The van der Waals surface area contributed by atoms with E-state index in [-0.39, 0.29) is 17.7 Å². The highest BCUT2D eigenvalue weighted by Crippen LogP contribution is 2.22. The van der Waals surface area contributed by atoms with Gasteiger partial charge in [0.2, 0.25) is 0 Å². The molecule has 1 aromatic carbocycles. The first kappa shape index (κ1) is 14.1. The van der Waals surface area contributed by atoms with Crippen LogP contribution < -0.4 is 5.32 Å². The van der Waals surface area contributed by atoms with Crippen LogP contribution >= 0.6 is 15.9 Å². The summed E-state index contributed by atoms with van der Waals surface area (Å²) in [7, 11) is 1.70. The molecule has 5 heteroatoms. The van der Waals surface area contributed by atoms with Crippen LogP contribution in [0.3, 0.4) is 0 Å². The Morgan fingerprint density at radius 3 is 2.68 bits per heavy atom. The number of pyridine rings is 1.